The van der Waals surface area contributed by atoms with Crippen LogP contribution in [0.3, 0.4) is 0 Å². The van der Waals surface area contributed by atoms with Crippen LogP contribution in [0.2, 0.25) is 0 Å². The van der Waals surface area contributed by atoms with Crippen molar-refractivity contribution < 1.29 is 9.84 Å². The number of nitrogens with one attached hydrogen (secondary N) is 1. The summed E-state index contributed by atoms with van der Waals surface area (Å²) >= 11 is 0. The molecule has 1 aliphatic heterocycles. The first-order valence-corrected chi connectivity index (χ1v) is 6.31. The lowest BCUT2D eigenvalue weighted by atomic mass is 9.92. The van der Waals surface area contributed by atoms with E-state index in [1.54, 1.807) is 0 Å². The Morgan fingerprint density at radius 1 is 1.20 bits per heavy atom. The van der Waals surface area contributed by atoms with E-state index in [2.05, 4.69) is 12.2 Å². The van der Waals surface area contributed by atoms with Gasteiger partial charge in [0.05, 0.1) is 12.2 Å². The SMILES string of the molecule is CC(NC1CCC(O)CC1)C1CCCO1. The molecule has 1 saturated carbocycles. The maximum Gasteiger partial charge on any atom is 0.0726 e. The molecule has 2 rings (SSSR count). The van der Waals surface area contributed by atoms with Gasteiger partial charge in [-0.1, -0.05) is 0 Å². The molecular formula is C12H23NO2. The summed E-state index contributed by atoms with van der Waals surface area (Å²) in [7, 11) is 0. The lowest BCUT2D eigenvalue weighted by Gasteiger charge is -2.31. The van der Waals surface area contributed by atoms with Crippen molar-refractivity contribution in [2.24, 2.45) is 0 Å². The van der Waals surface area contributed by atoms with Gasteiger partial charge < -0.3 is 15.2 Å². The second-order valence-corrected chi connectivity index (χ2v) is 5.01. The van der Waals surface area contributed by atoms with Crippen LogP contribution in [0.15, 0.2) is 0 Å². The summed E-state index contributed by atoms with van der Waals surface area (Å²) in [6.45, 7) is 3.15. The second kappa shape index (κ2) is 5.28. The van der Waals surface area contributed by atoms with E-state index >= 15 is 0 Å². The maximum absolute atomic E-state index is 9.42. The summed E-state index contributed by atoms with van der Waals surface area (Å²) in [4.78, 5) is 0. The van der Waals surface area contributed by atoms with Crippen LogP contribution in [0, 0.1) is 0 Å². The fourth-order valence-electron chi connectivity index (χ4n) is 2.72. The molecule has 1 heterocycles. The predicted octanol–water partition coefficient (Wildman–Crippen LogP) is 1.45. The molecule has 3 nitrogen and oxygen atoms in total. The topological polar surface area (TPSA) is 41.5 Å². The molecule has 0 aromatic rings. The van der Waals surface area contributed by atoms with Crippen molar-refractivity contribution in [1.29, 1.82) is 0 Å². The highest BCUT2D eigenvalue weighted by atomic mass is 16.5. The number of hydrogen-bond acceptors (Lipinski definition) is 3. The molecule has 2 N–H and O–H groups in total. The highest BCUT2D eigenvalue weighted by molar-refractivity contribution is 4.83. The minimum absolute atomic E-state index is 0.0545. The Morgan fingerprint density at radius 3 is 2.53 bits per heavy atom. The van der Waals surface area contributed by atoms with Gasteiger partial charge in [-0.05, 0) is 45.4 Å². The maximum atomic E-state index is 9.42. The van der Waals surface area contributed by atoms with Crippen LogP contribution < -0.4 is 5.32 Å². The Balaban J connectivity index is 1.71. The van der Waals surface area contributed by atoms with Crippen molar-refractivity contribution in [3.05, 3.63) is 0 Å². The molecule has 2 unspecified atom stereocenters. The van der Waals surface area contributed by atoms with Crippen molar-refractivity contribution >= 4 is 0 Å². The zero-order valence-electron chi connectivity index (χ0n) is 9.61. The van der Waals surface area contributed by atoms with E-state index in [-0.39, 0.29) is 6.10 Å². The largest absolute Gasteiger partial charge is 0.393 e. The van der Waals surface area contributed by atoms with Gasteiger partial charge in [0.25, 0.3) is 0 Å². The minimum atomic E-state index is -0.0545. The average molecular weight is 213 g/mol. The average Bonchev–Trinajstić information content (AvgIpc) is 2.74. The molecule has 0 aromatic heterocycles. The number of aliphatic hydroxyl groups is 1. The van der Waals surface area contributed by atoms with E-state index in [1.807, 2.05) is 0 Å². The van der Waals surface area contributed by atoms with Crippen molar-refractivity contribution in [1.82, 2.24) is 5.32 Å². The standard InChI is InChI=1S/C12H23NO2/c1-9(12-3-2-8-15-12)13-10-4-6-11(14)7-5-10/h9-14H,2-8H2,1H3. The van der Waals surface area contributed by atoms with Gasteiger partial charge in [0.2, 0.25) is 0 Å². The smallest absolute Gasteiger partial charge is 0.0726 e. The third-order valence-electron chi connectivity index (χ3n) is 3.72. The lowest BCUT2D eigenvalue weighted by Crippen LogP contribution is -2.45. The van der Waals surface area contributed by atoms with E-state index in [9.17, 15) is 5.11 Å². The number of aliphatic hydroxyl groups excluding tert-OH is 1. The Bertz CT molecular complexity index is 184. The van der Waals surface area contributed by atoms with Crippen molar-refractivity contribution in [3.63, 3.8) is 0 Å². The summed E-state index contributed by atoms with van der Waals surface area (Å²) in [5, 5.41) is 13.1. The highest BCUT2D eigenvalue weighted by Gasteiger charge is 2.26. The van der Waals surface area contributed by atoms with Gasteiger partial charge in [-0.25, -0.2) is 0 Å². The van der Waals surface area contributed by atoms with Crippen LogP contribution in [0.5, 0.6) is 0 Å². The van der Waals surface area contributed by atoms with Gasteiger partial charge in [-0.3, -0.25) is 0 Å². The van der Waals surface area contributed by atoms with Gasteiger partial charge in [0.15, 0.2) is 0 Å². The monoisotopic (exact) mass is 213 g/mol. The summed E-state index contributed by atoms with van der Waals surface area (Å²) in [6, 6.07) is 1.06. The van der Waals surface area contributed by atoms with Gasteiger partial charge in [-0.2, -0.15) is 0 Å². The molecular weight excluding hydrogens is 190 g/mol. The first-order chi connectivity index (χ1) is 7.25. The van der Waals surface area contributed by atoms with Crippen molar-refractivity contribution in [3.8, 4) is 0 Å². The second-order valence-electron chi connectivity index (χ2n) is 5.01. The van der Waals surface area contributed by atoms with Crippen LogP contribution >= 0.6 is 0 Å². The molecule has 88 valence electrons. The Morgan fingerprint density at radius 2 is 1.93 bits per heavy atom. The van der Waals surface area contributed by atoms with Crippen LogP contribution in [0.25, 0.3) is 0 Å². The molecule has 0 spiro atoms. The molecule has 1 saturated heterocycles. The van der Waals surface area contributed by atoms with Gasteiger partial charge in [0, 0.05) is 18.7 Å². The Kier molecular flexibility index (Phi) is 4.00. The van der Waals surface area contributed by atoms with E-state index in [0.29, 0.717) is 18.2 Å². The summed E-state index contributed by atoms with van der Waals surface area (Å²) < 4.78 is 5.67. The molecule has 0 bridgehead atoms. The molecule has 1 aliphatic carbocycles. The van der Waals surface area contributed by atoms with Crippen LogP contribution in [0.4, 0.5) is 0 Å². The van der Waals surface area contributed by atoms with Gasteiger partial charge in [0.1, 0.15) is 0 Å². The van der Waals surface area contributed by atoms with E-state index in [1.165, 1.54) is 12.8 Å². The predicted molar refractivity (Wildman–Crippen MR) is 59.8 cm³/mol. The zero-order chi connectivity index (χ0) is 10.7. The Hall–Kier alpha value is -0.120. The quantitative estimate of drug-likeness (QED) is 0.745. The van der Waals surface area contributed by atoms with Gasteiger partial charge in [-0.15, -0.1) is 0 Å². The van der Waals surface area contributed by atoms with E-state index in [0.717, 1.165) is 32.3 Å². The molecule has 3 heteroatoms. The summed E-state index contributed by atoms with van der Waals surface area (Å²) in [5.74, 6) is 0. The number of hydrogen-bond donors (Lipinski definition) is 2. The van der Waals surface area contributed by atoms with Crippen molar-refractivity contribution in [2.45, 2.75) is 69.7 Å². The van der Waals surface area contributed by atoms with Crippen molar-refractivity contribution in [2.75, 3.05) is 6.61 Å². The minimum Gasteiger partial charge on any atom is -0.393 e. The third-order valence-corrected chi connectivity index (χ3v) is 3.72. The summed E-state index contributed by atoms with van der Waals surface area (Å²) in [6.07, 6.45) is 6.89. The fraction of sp³-hybridized carbons (Fsp3) is 1.00. The third kappa shape index (κ3) is 3.16. The first-order valence-electron chi connectivity index (χ1n) is 6.31. The van der Waals surface area contributed by atoms with Crippen LogP contribution in [-0.4, -0.2) is 36.0 Å². The zero-order valence-corrected chi connectivity index (χ0v) is 9.61. The molecule has 2 fully saturated rings. The van der Waals surface area contributed by atoms with Crippen LogP contribution in [0.1, 0.15) is 45.4 Å². The Labute approximate surface area is 92.2 Å². The lowest BCUT2D eigenvalue weighted by molar-refractivity contribution is 0.0691. The summed E-state index contributed by atoms with van der Waals surface area (Å²) in [5.41, 5.74) is 0. The van der Waals surface area contributed by atoms with Gasteiger partial charge >= 0.3 is 0 Å². The number of rotatable bonds is 3. The van der Waals surface area contributed by atoms with Crippen LogP contribution in [-0.2, 0) is 4.74 Å². The molecule has 0 radical (unpaired) electrons. The molecule has 15 heavy (non-hydrogen) atoms. The molecule has 2 atom stereocenters. The molecule has 2 aliphatic rings. The molecule has 0 amide bonds. The highest BCUT2D eigenvalue weighted by Crippen LogP contribution is 2.21. The number of ether oxygens (including phenoxy) is 1. The van der Waals surface area contributed by atoms with E-state index in [4.69, 9.17) is 4.74 Å². The fourth-order valence-corrected chi connectivity index (χ4v) is 2.72. The normalized spacial score (nSPS) is 39.2. The van der Waals surface area contributed by atoms with E-state index < -0.39 is 0 Å². The first kappa shape index (κ1) is 11.4. The molecule has 0 aromatic carbocycles.